The van der Waals surface area contributed by atoms with Crippen molar-refractivity contribution >= 4 is 11.7 Å². The number of phenolic OH excluding ortho intramolecular Hbond substituents is 1. The Morgan fingerprint density at radius 3 is 2.74 bits per heavy atom. The van der Waals surface area contributed by atoms with Crippen LogP contribution in [0.25, 0.3) is 0 Å². The summed E-state index contributed by atoms with van der Waals surface area (Å²) in [5.41, 5.74) is 3.70. The van der Waals surface area contributed by atoms with Crippen molar-refractivity contribution in [1.82, 2.24) is 4.90 Å². The molecule has 1 heterocycles. The van der Waals surface area contributed by atoms with Crippen LogP contribution in [-0.4, -0.2) is 34.8 Å². The van der Waals surface area contributed by atoms with Gasteiger partial charge in [-0.25, -0.2) is 0 Å². The van der Waals surface area contributed by atoms with Gasteiger partial charge in [-0.2, -0.15) is 0 Å². The van der Waals surface area contributed by atoms with Gasteiger partial charge in [-0.1, -0.05) is 26.3 Å². The number of carbonyl (C=O) groups excluding carboxylic acids is 2. The fourth-order valence-corrected chi connectivity index (χ4v) is 8.27. The second-order valence-electron chi connectivity index (χ2n) is 11.9. The van der Waals surface area contributed by atoms with Gasteiger partial charge in [-0.05, 0) is 111 Å². The van der Waals surface area contributed by atoms with Crippen molar-refractivity contribution in [2.75, 3.05) is 13.1 Å². The summed E-state index contributed by atoms with van der Waals surface area (Å²) in [6, 6.07) is 4.34. The molecule has 3 fully saturated rings. The van der Waals surface area contributed by atoms with Crippen molar-refractivity contribution in [1.29, 1.82) is 0 Å². The lowest BCUT2D eigenvalue weighted by Gasteiger charge is -2.50. The van der Waals surface area contributed by atoms with E-state index in [0.717, 1.165) is 82.9 Å². The number of piperidine rings is 1. The maximum Gasteiger partial charge on any atom is 0.222 e. The van der Waals surface area contributed by atoms with Crippen LogP contribution in [0.15, 0.2) is 12.1 Å². The van der Waals surface area contributed by atoms with Crippen LogP contribution in [-0.2, 0) is 22.4 Å². The van der Waals surface area contributed by atoms with Gasteiger partial charge in [0.15, 0.2) is 0 Å². The van der Waals surface area contributed by atoms with Crippen molar-refractivity contribution < 1.29 is 14.7 Å². The Morgan fingerprint density at radius 2 is 1.97 bits per heavy atom. The van der Waals surface area contributed by atoms with Gasteiger partial charge in [0.05, 0.1) is 0 Å². The van der Waals surface area contributed by atoms with Gasteiger partial charge < -0.3 is 10.0 Å². The molecular weight excluding hydrogens is 422 g/mol. The molecule has 4 nitrogen and oxygen atoms in total. The average molecular weight is 466 g/mol. The number of benzene rings is 1. The quantitative estimate of drug-likeness (QED) is 0.546. The highest BCUT2D eigenvalue weighted by atomic mass is 16.3. The molecule has 0 radical (unpaired) electrons. The fourth-order valence-electron chi connectivity index (χ4n) is 8.27. The molecule has 0 spiro atoms. The highest BCUT2D eigenvalue weighted by Gasteiger charge is 2.58. The predicted molar refractivity (Wildman–Crippen MR) is 135 cm³/mol. The zero-order chi connectivity index (χ0) is 23.9. The Balaban J connectivity index is 1.32. The minimum absolute atomic E-state index is 0.177. The third-order valence-corrected chi connectivity index (χ3v) is 9.96. The van der Waals surface area contributed by atoms with Crippen LogP contribution >= 0.6 is 0 Å². The van der Waals surface area contributed by atoms with E-state index in [2.05, 4.69) is 24.8 Å². The number of aryl methyl sites for hydroxylation is 2. The lowest BCUT2D eigenvalue weighted by atomic mass is 9.54. The monoisotopic (exact) mass is 465 g/mol. The summed E-state index contributed by atoms with van der Waals surface area (Å²) < 4.78 is 0. The summed E-state index contributed by atoms with van der Waals surface area (Å²) in [6.45, 7) is 6.28. The molecule has 0 aromatic heterocycles. The maximum atomic E-state index is 13.3. The summed E-state index contributed by atoms with van der Waals surface area (Å²) in [4.78, 5) is 28.0. The Labute approximate surface area is 205 Å². The number of hydrogen-bond acceptors (Lipinski definition) is 3. The number of fused-ring (bicyclic) bond motifs is 5. The Bertz CT molecular complexity index is 933. The molecule has 4 heteroatoms. The maximum absolute atomic E-state index is 13.3. The highest BCUT2D eigenvalue weighted by Crippen LogP contribution is 2.62. The van der Waals surface area contributed by atoms with Crippen LogP contribution in [0.2, 0.25) is 0 Å². The highest BCUT2D eigenvalue weighted by molar-refractivity contribution is 5.87. The second-order valence-corrected chi connectivity index (χ2v) is 11.9. The number of ketones is 1. The van der Waals surface area contributed by atoms with Gasteiger partial charge in [0.1, 0.15) is 11.5 Å². The average Bonchev–Trinajstić information content (AvgIpc) is 3.10. The minimum Gasteiger partial charge on any atom is -0.508 e. The standard InChI is InChI=1S/C30H43NO3/c1-3-8-21-17-25-20(18-26(21)32)11-12-24-23(25)13-14-30(2)27(33)19-22(29(24)30)9-7-10-28(34)31-15-5-4-6-16-31/h17-18,22-24,29,32H,3-16,19H2,1-2H3/t22-,23+,24-,29+,30-/m1/s1. The number of phenols is 1. The topological polar surface area (TPSA) is 57.6 Å². The molecule has 3 aliphatic carbocycles. The van der Waals surface area contributed by atoms with Gasteiger partial charge >= 0.3 is 0 Å². The summed E-state index contributed by atoms with van der Waals surface area (Å²) >= 11 is 0. The van der Waals surface area contributed by atoms with Crippen molar-refractivity contribution in [3.63, 3.8) is 0 Å². The first-order valence-electron chi connectivity index (χ1n) is 14.1. The van der Waals surface area contributed by atoms with Crippen molar-refractivity contribution in [3.8, 4) is 5.75 Å². The van der Waals surface area contributed by atoms with Gasteiger partial charge in [0, 0.05) is 31.3 Å². The number of carbonyl (C=O) groups is 2. The third-order valence-electron chi connectivity index (χ3n) is 9.96. The lowest BCUT2D eigenvalue weighted by molar-refractivity contribution is -0.132. The van der Waals surface area contributed by atoms with Crippen molar-refractivity contribution in [2.45, 2.75) is 103 Å². The molecule has 0 bridgehead atoms. The molecule has 1 aromatic rings. The number of hydrogen-bond donors (Lipinski definition) is 1. The van der Waals surface area contributed by atoms with Crippen LogP contribution in [0.1, 0.15) is 107 Å². The molecule has 2 saturated carbocycles. The van der Waals surface area contributed by atoms with Crippen LogP contribution in [0.3, 0.4) is 0 Å². The van der Waals surface area contributed by atoms with Crippen molar-refractivity contribution in [2.24, 2.45) is 23.2 Å². The number of nitrogens with zero attached hydrogens (tertiary/aromatic N) is 1. The number of amides is 1. The summed E-state index contributed by atoms with van der Waals surface area (Å²) in [7, 11) is 0. The summed E-state index contributed by atoms with van der Waals surface area (Å²) in [5.74, 6) is 3.20. The SMILES string of the molecule is CCCc1cc2c(cc1O)CC[C@H]1[C@@H]3[C@H](CCCC(=O)N4CCCCC4)CC(=O)[C@@]3(C)CC[C@H]21. The molecule has 5 rings (SSSR count). The summed E-state index contributed by atoms with van der Waals surface area (Å²) in [5, 5.41) is 10.5. The van der Waals surface area contributed by atoms with E-state index in [1.165, 1.54) is 17.5 Å². The number of rotatable bonds is 6. The van der Waals surface area contributed by atoms with Crippen molar-refractivity contribution in [3.05, 3.63) is 28.8 Å². The number of aromatic hydroxyl groups is 1. The Kier molecular flexibility index (Phi) is 6.79. The number of likely N-dealkylation sites (tertiary alicyclic amines) is 1. The van der Waals surface area contributed by atoms with E-state index < -0.39 is 0 Å². The van der Waals surface area contributed by atoms with Gasteiger partial charge in [0.2, 0.25) is 5.91 Å². The van der Waals surface area contributed by atoms with E-state index in [4.69, 9.17) is 0 Å². The fraction of sp³-hybridized carbons (Fsp3) is 0.733. The molecule has 1 amide bonds. The van der Waals surface area contributed by atoms with Crippen LogP contribution < -0.4 is 0 Å². The molecular formula is C30H43NO3. The van der Waals surface area contributed by atoms with E-state index in [1.54, 1.807) is 0 Å². The van der Waals surface area contributed by atoms with Gasteiger partial charge in [0.25, 0.3) is 0 Å². The number of Topliss-reactive ketones (excluding diaryl/α,β-unsaturated/α-hetero) is 1. The summed E-state index contributed by atoms with van der Waals surface area (Å²) in [6.07, 6.45) is 13.0. The third kappa shape index (κ3) is 4.20. The smallest absolute Gasteiger partial charge is 0.222 e. The first kappa shape index (κ1) is 23.9. The largest absolute Gasteiger partial charge is 0.508 e. The molecule has 186 valence electrons. The van der Waals surface area contributed by atoms with Crippen LogP contribution in [0, 0.1) is 23.2 Å². The predicted octanol–water partition coefficient (Wildman–Crippen LogP) is 6.18. The first-order chi connectivity index (χ1) is 16.4. The van der Waals surface area contributed by atoms with E-state index in [9.17, 15) is 14.7 Å². The molecule has 0 unspecified atom stereocenters. The zero-order valence-corrected chi connectivity index (χ0v) is 21.3. The molecule has 1 N–H and O–H groups in total. The zero-order valence-electron chi connectivity index (χ0n) is 21.3. The minimum atomic E-state index is -0.177. The normalized spacial score (nSPS) is 32.8. The molecule has 1 saturated heterocycles. The Morgan fingerprint density at radius 1 is 1.18 bits per heavy atom. The lowest BCUT2D eigenvalue weighted by Crippen LogP contribution is -2.44. The van der Waals surface area contributed by atoms with E-state index in [0.29, 0.717) is 54.0 Å². The van der Waals surface area contributed by atoms with Gasteiger partial charge in [-0.3, -0.25) is 9.59 Å². The molecule has 1 aliphatic heterocycles. The molecule has 5 atom stereocenters. The molecule has 1 aromatic carbocycles. The van der Waals surface area contributed by atoms with Crippen LogP contribution in [0.4, 0.5) is 0 Å². The van der Waals surface area contributed by atoms with E-state index in [1.807, 2.05) is 6.07 Å². The van der Waals surface area contributed by atoms with E-state index in [-0.39, 0.29) is 5.41 Å². The van der Waals surface area contributed by atoms with Crippen LogP contribution in [0.5, 0.6) is 5.75 Å². The van der Waals surface area contributed by atoms with E-state index >= 15 is 0 Å². The first-order valence-corrected chi connectivity index (χ1v) is 14.1. The Hall–Kier alpha value is -1.84. The molecule has 34 heavy (non-hydrogen) atoms. The molecule has 4 aliphatic rings. The van der Waals surface area contributed by atoms with Gasteiger partial charge in [-0.15, -0.1) is 0 Å². The second kappa shape index (κ2) is 9.66.